The van der Waals surface area contributed by atoms with Gasteiger partial charge in [-0.3, -0.25) is 0 Å². The van der Waals surface area contributed by atoms with Gasteiger partial charge in [-0.25, -0.2) is 13.4 Å². The molecule has 120 valence electrons. The third-order valence-corrected chi connectivity index (χ3v) is 5.68. The summed E-state index contributed by atoms with van der Waals surface area (Å²) in [4.78, 5) is 4.29. The zero-order chi connectivity index (χ0) is 15.7. The van der Waals surface area contributed by atoms with Gasteiger partial charge in [0.2, 0.25) is 10.0 Å². The van der Waals surface area contributed by atoms with Crippen molar-refractivity contribution >= 4 is 21.1 Å². The minimum Gasteiger partial charge on any atom is -0.373 e. The van der Waals surface area contributed by atoms with Gasteiger partial charge >= 0.3 is 0 Å². The molecule has 0 N–H and O–H groups in total. The molecular formula is C15H21N3O3S. The number of hydrogen-bond donors (Lipinski definition) is 0. The minimum atomic E-state index is -3.29. The number of fused-ring (bicyclic) bond motifs is 1. The number of ether oxygens (including phenoxy) is 1. The number of morpholine rings is 1. The summed E-state index contributed by atoms with van der Waals surface area (Å²) in [6.07, 6.45) is 1.57. The Morgan fingerprint density at radius 2 is 1.91 bits per heavy atom. The van der Waals surface area contributed by atoms with E-state index in [4.69, 9.17) is 4.74 Å². The van der Waals surface area contributed by atoms with Crippen molar-refractivity contribution in [3.8, 4) is 0 Å². The number of imidazole rings is 1. The Morgan fingerprint density at radius 3 is 2.64 bits per heavy atom. The lowest BCUT2D eigenvalue weighted by atomic mass is 10.3. The number of para-hydroxylation sites is 2. The van der Waals surface area contributed by atoms with Gasteiger partial charge in [-0.2, -0.15) is 4.31 Å². The third kappa shape index (κ3) is 3.16. The number of nitrogens with zero attached hydrogens (tertiary/aromatic N) is 3. The molecule has 3 rings (SSSR count). The van der Waals surface area contributed by atoms with Crippen molar-refractivity contribution in [2.24, 2.45) is 0 Å². The predicted octanol–water partition coefficient (Wildman–Crippen LogP) is 1.48. The lowest BCUT2D eigenvalue weighted by molar-refractivity contribution is -0.0440. The van der Waals surface area contributed by atoms with Gasteiger partial charge < -0.3 is 9.30 Å². The first-order valence-electron chi connectivity index (χ1n) is 7.49. The molecular weight excluding hydrogens is 302 g/mol. The van der Waals surface area contributed by atoms with Crippen molar-refractivity contribution in [3.05, 3.63) is 30.6 Å². The van der Waals surface area contributed by atoms with Gasteiger partial charge in [0.05, 0.1) is 35.3 Å². The first kappa shape index (κ1) is 15.5. The number of benzene rings is 1. The van der Waals surface area contributed by atoms with Gasteiger partial charge in [0, 0.05) is 19.6 Å². The molecule has 1 aromatic carbocycles. The highest BCUT2D eigenvalue weighted by Crippen LogP contribution is 2.16. The van der Waals surface area contributed by atoms with Crippen LogP contribution in [0.5, 0.6) is 0 Å². The number of rotatable bonds is 4. The van der Waals surface area contributed by atoms with Crippen LogP contribution in [0.1, 0.15) is 13.8 Å². The highest BCUT2D eigenvalue weighted by molar-refractivity contribution is 7.89. The van der Waals surface area contributed by atoms with Crippen molar-refractivity contribution in [2.45, 2.75) is 32.6 Å². The lowest BCUT2D eigenvalue weighted by Gasteiger charge is -2.34. The molecule has 0 spiro atoms. The molecule has 2 aromatic rings. The molecule has 6 nitrogen and oxygen atoms in total. The van der Waals surface area contributed by atoms with Crippen LogP contribution in [0.15, 0.2) is 30.6 Å². The van der Waals surface area contributed by atoms with Gasteiger partial charge in [-0.1, -0.05) is 12.1 Å². The van der Waals surface area contributed by atoms with Gasteiger partial charge in [-0.05, 0) is 26.0 Å². The molecule has 1 aromatic heterocycles. The topological polar surface area (TPSA) is 64.4 Å². The molecule has 1 aliphatic heterocycles. The van der Waals surface area contributed by atoms with Crippen LogP contribution < -0.4 is 0 Å². The predicted molar refractivity (Wildman–Crippen MR) is 85.1 cm³/mol. The summed E-state index contributed by atoms with van der Waals surface area (Å²) in [5.41, 5.74) is 1.84. The zero-order valence-corrected chi connectivity index (χ0v) is 13.7. The summed E-state index contributed by atoms with van der Waals surface area (Å²) >= 11 is 0. The summed E-state index contributed by atoms with van der Waals surface area (Å²) < 4.78 is 34.1. The number of hydrogen-bond acceptors (Lipinski definition) is 4. The van der Waals surface area contributed by atoms with Crippen molar-refractivity contribution in [1.82, 2.24) is 13.9 Å². The van der Waals surface area contributed by atoms with Crippen LogP contribution in [-0.4, -0.2) is 53.3 Å². The molecule has 0 aliphatic carbocycles. The molecule has 2 heterocycles. The maximum atomic E-state index is 12.5. The Labute approximate surface area is 130 Å². The second kappa shape index (κ2) is 5.98. The van der Waals surface area contributed by atoms with Crippen LogP contribution in [0.3, 0.4) is 0 Å². The van der Waals surface area contributed by atoms with Crippen molar-refractivity contribution < 1.29 is 13.2 Å². The van der Waals surface area contributed by atoms with Gasteiger partial charge in [0.25, 0.3) is 0 Å². The average molecular weight is 323 g/mol. The van der Waals surface area contributed by atoms with Crippen LogP contribution in [0, 0.1) is 0 Å². The van der Waals surface area contributed by atoms with Crippen molar-refractivity contribution in [3.63, 3.8) is 0 Å². The number of aryl methyl sites for hydroxylation is 1. The largest absolute Gasteiger partial charge is 0.373 e. The van der Waals surface area contributed by atoms with Crippen LogP contribution >= 0.6 is 0 Å². The summed E-state index contributed by atoms with van der Waals surface area (Å²) in [6, 6.07) is 7.73. The Morgan fingerprint density at radius 1 is 1.23 bits per heavy atom. The van der Waals surface area contributed by atoms with E-state index in [1.807, 2.05) is 42.7 Å². The normalized spacial score (nSPS) is 23.9. The molecule has 2 atom stereocenters. The molecule has 22 heavy (non-hydrogen) atoms. The molecule has 1 aliphatic rings. The molecule has 0 saturated carbocycles. The Kier molecular flexibility index (Phi) is 4.20. The monoisotopic (exact) mass is 323 g/mol. The van der Waals surface area contributed by atoms with Crippen LogP contribution in [0.2, 0.25) is 0 Å². The second-order valence-electron chi connectivity index (χ2n) is 5.82. The first-order chi connectivity index (χ1) is 10.5. The molecule has 0 amide bonds. The molecule has 0 unspecified atom stereocenters. The van der Waals surface area contributed by atoms with E-state index in [1.165, 1.54) is 0 Å². The van der Waals surface area contributed by atoms with E-state index in [1.54, 1.807) is 10.6 Å². The molecule has 7 heteroatoms. The molecule has 0 bridgehead atoms. The highest BCUT2D eigenvalue weighted by Gasteiger charge is 2.30. The Hall–Kier alpha value is -1.44. The number of aromatic nitrogens is 2. The summed E-state index contributed by atoms with van der Waals surface area (Å²) in [7, 11) is -3.29. The molecule has 0 radical (unpaired) electrons. The van der Waals surface area contributed by atoms with E-state index >= 15 is 0 Å². The summed E-state index contributed by atoms with van der Waals surface area (Å²) in [5.74, 6) is 0.0762. The standard InChI is InChI=1S/C15H21N3O3S/c1-12-9-18(10-13(2)21-12)22(19,20)8-7-17-11-16-14-5-3-4-6-15(14)17/h3-6,11-13H,7-10H2,1-2H3/t12-,13+. The smallest absolute Gasteiger partial charge is 0.216 e. The minimum absolute atomic E-state index is 0.0624. The van der Waals surface area contributed by atoms with E-state index in [0.29, 0.717) is 19.6 Å². The average Bonchev–Trinajstić information content (AvgIpc) is 2.87. The SMILES string of the molecule is C[C@@H]1CN(S(=O)(=O)CCn2cnc3ccccc32)C[C@H](C)O1. The maximum Gasteiger partial charge on any atom is 0.216 e. The highest BCUT2D eigenvalue weighted by atomic mass is 32.2. The van der Waals surface area contributed by atoms with E-state index in [-0.39, 0.29) is 18.0 Å². The second-order valence-corrected chi connectivity index (χ2v) is 7.91. The van der Waals surface area contributed by atoms with E-state index in [2.05, 4.69) is 4.98 Å². The van der Waals surface area contributed by atoms with Gasteiger partial charge in [0.15, 0.2) is 0 Å². The van der Waals surface area contributed by atoms with Gasteiger partial charge in [0.1, 0.15) is 0 Å². The van der Waals surface area contributed by atoms with Gasteiger partial charge in [-0.15, -0.1) is 0 Å². The lowest BCUT2D eigenvalue weighted by Crippen LogP contribution is -2.49. The van der Waals surface area contributed by atoms with Crippen LogP contribution in [0.25, 0.3) is 11.0 Å². The van der Waals surface area contributed by atoms with Crippen molar-refractivity contribution in [1.29, 1.82) is 0 Å². The van der Waals surface area contributed by atoms with E-state index in [9.17, 15) is 8.42 Å². The quantitative estimate of drug-likeness (QED) is 0.855. The summed E-state index contributed by atoms with van der Waals surface area (Å²) in [5, 5.41) is 0. The van der Waals surface area contributed by atoms with E-state index < -0.39 is 10.0 Å². The number of sulfonamides is 1. The Balaban J connectivity index is 1.72. The fourth-order valence-electron chi connectivity index (χ4n) is 2.89. The fraction of sp³-hybridized carbons (Fsp3) is 0.533. The summed E-state index contributed by atoms with van der Waals surface area (Å²) in [6.45, 7) is 5.07. The first-order valence-corrected chi connectivity index (χ1v) is 9.10. The Bertz CT molecular complexity index is 746. The van der Waals surface area contributed by atoms with Crippen molar-refractivity contribution in [2.75, 3.05) is 18.8 Å². The molecule has 1 fully saturated rings. The van der Waals surface area contributed by atoms with Crippen LogP contribution in [0.4, 0.5) is 0 Å². The van der Waals surface area contributed by atoms with E-state index in [0.717, 1.165) is 11.0 Å². The third-order valence-electron chi connectivity index (χ3n) is 3.90. The molecule has 1 saturated heterocycles. The maximum absolute atomic E-state index is 12.5. The zero-order valence-electron chi connectivity index (χ0n) is 12.8. The fourth-order valence-corrected chi connectivity index (χ4v) is 4.45. The van der Waals surface area contributed by atoms with Crippen LogP contribution in [-0.2, 0) is 21.3 Å².